The summed E-state index contributed by atoms with van der Waals surface area (Å²) in [4.78, 5) is 25.0. The average molecular weight is 408 g/mol. The molecular formula is C21H24N6O3. The van der Waals surface area contributed by atoms with Crippen LogP contribution in [0.25, 0.3) is 0 Å². The van der Waals surface area contributed by atoms with Gasteiger partial charge in [-0.15, -0.1) is 5.10 Å². The van der Waals surface area contributed by atoms with Crippen molar-refractivity contribution < 1.29 is 14.3 Å². The second kappa shape index (κ2) is 9.08. The van der Waals surface area contributed by atoms with Gasteiger partial charge >= 0.3 is 0 Å². The molecule has 0 fully saturated rings. The number of aromatic nitrogens is 3. The van der Waals surface area contributed by atoms with Gasteiger partial charge in [-0.1, -0.05) is 29.5 Å². The second-order valence-electron chi connectivity index (χ2n) is 6.66. The van der Waals surface area contributed by atoms with E-state index in [2.05, 4.69) is 20.9 Å². The van der Waals surface area contributed by atoms with Crippen molar-refractivity contribution in [2.24, 2.45) is 0 Å². The number of nitrogens with zero attached hydrogens (tertiary/aromatic N) is 3. The zero-order chi connectivity index (χ0) is 21.7. The van der Waals surface area contributed by atoms with E-state index in [1.54, 1.807) is 24.3 Å². The Morgan fingerprint density at radius 1 is 1.07 bits per heavy atom. The molecule has 0 aliphatic heterocycles. The Bertz CT molecular complexity index is 1080. The molecular weight excluding hydrogens is 384 g/mol. The molecule has 0 saturated carbocycles. The van der Waals surface area contributed by atoms with Crippen LogP contribution in [0.2, 0.25) is 0 Å². The van der Waals surface area contributed by atoms with Gasteiger partial charge in [-0.25, -0.2) is 4.68 Å². The maximum absolute atomic E-state index is 12.6. The molecule has 3 aromatic rings. The smallest absolute Gasteiger partial charge is 0.280 e. The normalized spacial score (nSPS) is 10.5. The quantitative estimate of drug-likeness (QED) is 0.552. The number of ether oxygens (including phenoxy) is 1. The van der Waals surface area contributed by atoms with E-state index in [4.69, 9.17) is 10.5 Å². The van der Waals surface area contributed by atoms with E-state index >= 15 is 0 Å². The van der Waals surface area contributed by atoms with Gasteiger partial charge in [-0.05, 0) is 50.1 Å². The summed E-state index contributed by atoms with van der Waals surface area (Å²) in [5.41, 5.74) is 9.20. The Balaban J connectivity index is 1.70. The number of para-hydroxylation sites is 2. The van der Waals surface area contributed by atoms with Crippen molar-refractivity contribution in [3.63, 3.8) is 0 Å². The lowest BCUT2D eigenvalue weighted by Crippen LogP contribution is -2.22. The van der Waals surface area contributed by atoms with Crippen molar-refractivity contribution in [2.45, 2.75) is 27.3 Å². The van der Waals surface area contributed by atoms with Crippen molar-refractivity contribution >= 4 is 29.0 Å². The van der Waals surface area contributed by atoms with Gasteiger partial charge in [0, 0.05) is 5.69 Å². The minimum Gasteiger partial charge on any atom is -0.492 e. The van der Waals surface area contributed by atoms with E-state index in [9.17, 15) is 9.59 Å². The standard InChI is InChI=1S/C21H24N6O3/c1-4-30-17-11-6-5-9-16(17)24-21(29)19-20(22)27(26-25-19)12-18(28)23-15-10-7-8-13(2)14(15)3/h5-11H,4,12,22H2,1-3H3,(H,23,28)(H,24,29). The molecule has 0 unspecified atom stereocenters. The summed E-state index contributed by atoms with van der Waals surface area (Å²) in [6.45, 7) is 6.04. The highest BCUT2D eigenvalue weighted by molar-refractivity contribution is 6.06. The number of hydrogen-bond acceptors (Lipinski definition) is 6. The number of anilines is 3. The van der Waals surface area contributed by atoms with E-state index in [0.717, 1.165) is 11.1 Å². The summed E-state index contributed by atoms with van der Waals surface area (Å²) in [6.07, 6.45) is 0. The molecule has 0 radical (unpaired) electrons. The second-order valence-corrected chi connectivity index (χ2v) is 6.66. The van der Waals surface area contributed by atoms with Crippen LogP contribution < -0.4 is 21.1 Å². The highest BCUT2D eigenvalue weighted by Crippen LogP contribution is 2.24. The number of hydrogen-bond donors (Lipinski definition) is 3. The molecule has 0 spiro atoms. The number of amides is 2. The molecule has 0 bridgehead atoms. The summed E-state index contributed by atoms with van der Waals surface area (Å²) in [5.74, 6) is -0.334. The Labute approximate surface area is 174 Å². The number of aryl methyl sites for hydroxylation is 1. The number of carbonyl (C=O) groups excluding carboxylic acids is 2. The third-order valence-corrected chi connectivity index (χ3v) is 4.60. The first-order valence-corrected chi connectivity index (χ1v) is 9.49. The number of nitrogens with two attached hydrogens (primary N) is 1. The fourth-order valence-corrected chi connectivity index (χ4v) is 2.84. The third-order valence-electron chi connectivity index (χ3n) is 4.60. The van der Waals surface area contributed by atoms with Gasteiger partial charge in [-0.2, -0.15) is 0 Å². The number of benzene rings is 2. The van der Waals surface area contributed by atoms with Gasteiger partial charge in [0.15, 0.2) is 11.5 Å². The van der Waals surface area contributed by atoms with Gasteiger partial charge in [0.1, 0.15) is 12.3 Å². The van der Waals surface area contributed by atoms with Crippen LogP contribution in [-0.2, 0) is 11.3 Å². The van der Waals surface area contributed by atoms with Gasteiger partial charge in [-0.3, -0.25) is 9.59 Å². The van der Waals surface area contributed by atoms with Crippen LogP contribution >= 0.6 is 0 Å². The first-order valence-electron chi connectivity index (χ1n) is 9.49. The summed E-state index contributed by atoms with van der Waals surface area (Å²) in [6, 6.07) is 12.7. The fraction of sp³-hybridized carbons (Fsp3) is 0.238. The Hall–Kier alpha value is -3.88. The predicted molar refractivity (Wildman–Crippen MR) is 115 cm³/mol. The molecule has 2 aromatic carbocycles. The fourth-order valence-electron chi connectivity index (χ4n) is 2.84. The molecule has 0 atom stereocenters. The van der Waals surface area contributed by atoms with E-state index < -0.39 is 5.91 Å². The minimum absolute atomic E-state index is 0.00231. The van der Waals surface area contributed by atoms with Gasteiger partial charge < -0.3 is 21.1 Å². The van der Waals surface area contributed by atoms with Gasteiger partial charge in [0.25, 0.3) is 5.91 Å². The van der Waals surface area contributed by atoms with Crippen LogP contribution in [0.15, 0.2) is 42.5 Å². The molecule has 156 valence electrons. The molecule has 0 aliphatic carbocycles. The van der Waals surface area contributed by atoms with Crippen LogP contribution in [0, 0.1) is 13.8 Å². The molecule has 4 N–H and O–H groups in total. The SMILES string of the molecule is CCOc1ccccc1NC(=O)c1nnn(CC(=O)Nc2cccc(C)c2C)c1N. The summed E-state index contributed by atoms with van der Waals surface area (Å²) in [7, 11) is 0. The van der Waals surface area contributed by atoms with E-state index in [1.807, 2.05) is 39.0 Å². The summed E-state index contributed by atoms with van der Waals surface area (Å²) < 4.78 is 6.68. The van der Waals surface area contributed by atoms with Crippen molar-refractivity contribution in [1.29, 1.82) is 0 Å². The molecule has 9 nitrogen and oxygen atoms in total. The Morgan fingerprint density at radius 2 is 1.80 bits per heavy atom. The lowest BCUT2D eigenvalue weighted by Gasteiger charge is -2.11. The number of carbonyl (C=O) groups is 2. The van der Waals surface area contributed by atoms with Crippen LogP contribution in [-0.4, -0.2) is 33.4 Å². The van der Waals surface area contributed by atoms with Crippen LogP contribution in [0.5, 0.6) is 5.75 Å². The predicted octanol–water partition coefficient (Wildman–Crippen LogP) is 2.77. The van der Waals surface area contributed by atoms with Crippen molar-refractivity contribution in [3.05, 3.63) is 59.3 Å². The highest BCUT2D eigenvalue weighted by atomic mass is 16.5. The van der Waals surface area contributed by atoms with Crippen LogP contribution in [0.3, 0.4) is 0 Å². The first kappa shape index (κ1) is 20.8. The molecule has 9 heteroatoms. The van der Waals surface area contributed by atoms with Crippen molar-refractivity contribution in [1.82, 2.24) is 15.0 Å². The van der Waals surface area contributed by atoms with Crippen molar-refractivity contribution in [2.75, 3.05) is 23.0 Å². The van der Waals surface area contributed by atoms with Crippen molar-refractivity contribution in [3.8, 4) is 5.75 Å². The molecule has 1 aromatic heterocycles. The number of nitrogens with one attached hydrogen (secondary N) is 2. The van der Waals surface area contributed by atoms with E-state index in [-0.39, 0.29) is 24.0 Å². The largest absolute Gasteiger partial charge is 0.492 e. The maximum Gasteiger partial charge on any atom is 0.280 e. The van der Waals surface area contributed by atoms with Gasteiger partial charge in [0.2, 0.25) is 5.91 Å². The Kier molecular flexibility index (Phi) is 6.31. The lowest BCUT2D eigenvalue weighted by molar-refractivity contribution is -0.116. The Morgan fingerprint density at radius 3 is 2.57 bits per heavy atom. The molecule has 30 heavy (non-hydrogen) atoms. The molecule has 3 rings (SSSR count). The zero-order valence-electron chi connectivity index (χ0n) is 17.1. The maximum atomic E-state index is 12.6. The molecule has 2 amide bonds. The molecule has 0 aliphatic rings. The summed E-state index contributed by atoms with van der Waals surface area (Å²) in [5, 5.41) is 13.2. The molecule has 0 saturated heterocycles. The monoisotopic (exact) mass is 408 g/mol. The number of rotatable bonds is 7. The van der Waals surface area contributed by atoms with Crippen LogP contribution in [0.4, 0.5) is 17.2 Å². The first-order chi connectivity index (χ1) is 14.4. The molecule has 1 heterocycles. The zero-order valence-corrected chi connectivity index (χ0v) is 17.1. The highest BCUT2D eigenvalue weighted by Gasteiger charge is 2.20. The average Bonchev–Trinajstić information content (AvgIpc) is 3.07. The minimum atomic E-state index is -0.541. The van der Waals surface area contributed by atoms with E-state index in [0.29, 0.717) is 23.7 Å². The topological polar surface area (TPSA) is 124 Å². The van der Waals surface area contributed by atoms with E-state index in [1.165, 1.54) is 4.68 Å². The lowest BCUT2D eigenvalue weighted by atomic mass is 10.1. The third kappa shape index (κ3) is 4.57. The van der Waals surface area contributed by atoms with Crippen LogP contribution in [0.1, 0.15) is 28.5 Å². The van der Waals surface area contributed by atoms with Gasteiger partial charge in [0.05, 0.1) is 12.3 Å². The number of nitrogen functional groups attached to an aromatic ring is 1. The summed E-state index contributed by atoms with van der Waals surface area (Å²) >= 11 is 0.